The zero-order chi connectivity index (χ0) is 14.7. The average molecular weight is 277 g/mol. The van der Waals surface area contributed by atoms with Crippen LogP contribution in [0.4, 0.5) is 0 Å². The van der Waals surface area contributed by atoms with Gasteiger partial charge >= 0.3 is 5.97 Å². The summed E-state index contributed by atoms with van der Waals surface area (Å²) < 4.78 is 5.38. The molecule has 0 spiro atoms. The Morgan fingerprint density at radius 1 is 1.55 bits per heavy atom. The average Bonchev–Trinajstić information content (AvgIpc) is 3.11. The molecule has 6 nitrogen and oxygen atoms in total. The van der Waals surface area contributed by atoms with E-state index in [4.69, 9.17) is 21.0 Å². The molecule has 3 atom stereocenters. The summed E-state index contributed by atoms with van der Waals surface area (Å²) in [7, 11) is 0. The number of nitrogens with one attached hydrogen (secondary N) is 2. The number of hydrogen-bond acceptors (Lipinski definition) is 4. The molecule has 1 fully saturated rings. The largest absolute Gasteiger partial charge is 0.493 e. The van der Waals surface area contributed by atoms with Gasteiger partial charge in [0.25, 0.3) is 0 Å². The number of carboxylic acid groups (broad SMARTS) is 1. The molecule has 1 aromatic carbocycles. The fourth-order valence-electron chi connectivity index (χ4n) is 1.66. The van der Waals surface area contributed by atoms with Crippen molar-refractivity contribution in [2.24, 2.45) is 11.7 Å². The first-order chi connectivity index (χ1) is 9.47. The van der Waals surface area contributed by atoms with Crippen LogP contribution in [0.5, 0.6) is 5.75 Å². The third kappa shape index (κ3) is 3.71. The predicted octanol–water partition coefficient (Wildman–Crippen LogP) is 0.801. The molecule has 0 amide bonds. The summed E-state index contributed by atoms with van der Waals surface area (Å²) in [6.07, 6.45) is 0.899. The first kappa shape index (κ1) is 14.3. The van der Waals surface area contributed by atoms with E-state index in [1.807, 2.05) is 0 Å². The summed E-state index contributed by atoms with van der Waals surface area (Å²) in [5.41, 5.74) is 6.43. The first-order valence-electron chi connectivity index (χ1n) is 6.54. The highest BCUT2D eigenvalue weighted by atomic mass is 16.5. The van der Waals surface area contributed by atoms with E-state index in [1.165, 1.54) is 0 Å². The van der Waals surface area contributed by atoms with Gasteiger partial charge in [-0.3, -0.25) is 10.2 Å². The second-order valence-electron chi connectivity index (χ2n) is 5.10. The van der Waals surface area contributed by atoms with Crippen LogP contribution in [0.2, 0.25) is 0 Å². The van der Waals surface area contributed by atoms with E-state index in [0.717, 1.165) is 12.0 Å². The van der Waals surface area contributed by atoms with Crippen LogP contribution in [0.25, 0.3) is 0 Å². The fourth-order valence-corrected chi connectivity index (χ4v) is 1.66. The molecule has 5 N–H and O–H groups in total. The highest BCUT2D eigenvalue weighted by Crippen LogP contribution is 2.19. The molecular formula is C14H19N3O3. The van der Waals surface area contributed by atoms with Crippen LogP contribution in [-0.2, 0) is 4.79 Å². The van der Waals surface area contributed by atoms with E-state index < -0.39 is 11.9 Å². The van der Waals surface area contributed by atoms with Crippen LogP contribution in [0.3, 0.4) is 0 Å². The molecule has 108 valence electrons. The van der Waals surface area contributed by atoms with Gasteiger partial charge in [0.05, 0.1) is 5.92 Å². The Bertz CT molecular complexity index is 501. The highest BCUT2D eigenvalue weighted by Gasteiger charge is 2.33. The van der Waals surface area contributed by atoms with Crippen molar-refractivity contribution in [2.45, 2.75) is 25.4 Å². The van der Waals surface area contributed by atoms with Crippen LogP contribution in [-0.4, -0.2) is 35.6 Å². The van der Waals surface area contributed by atoms with Gasteiger partial charge in [-0.25, -0.2) is 0 Å². The summed E-state index contributed by atoms with van der Waals surface area (Å²) in [4.78, 5) is 10.7. The minimum absolute atomic E-state index is 0.126. The van der Waals surface area contributed by atoms with Gasteiger partial charge in [0.15, 0.2) is 0 Å². The Hall–Kier alpha value is -2.08. The third-order valence-electron chi connectivity index (χ3n) is 3.23. The Balaban J connectivity index is 1.86. The van der Waals surface area contributed by atoms with Crippen molar-refractivity contribution >= 4 is 11.8 Å². The number of nitrogens with two attached hydrogens (primary N) is 1. The molecule has 1 aromatic rings. The van der Waals surface area contributed by atoms with Crippen LogP contribution >= 0.6 is 0 Å². The van der Waals surface area contributed by atoms with E-state index >= 15 is 0 Å². The van der Waals surface area contributed by atoms with Crippen LogP contribution in [0.1, 0.15) is 18.9 Å². The summed E-state index contributed by atoms with van der Waals surface area (Å²) in [5, 5.41) is 19.7. The summed E-state index contributed by atoms with van der Waals surface area (Å²) >= 11 is 0. The van der Waals surface area contributed by atoms with Crippen molar-refractivity contribution in [3.63, 3.8) is 0 Å². The molecule has 0 bridgehead atoms. The molecule has 1 aliphatic carbocycles. The molecule has 6 heteroatoms. The van der Waals surface area contributed by atoms with Crippen molar-refractivity contribution in [1.29, 1.82) is 5.41 Å². The van der Waals surface area contributed by atoms with Crippen molar-refractivity contribution in [2.75, 3.05) is 6.61 Å². The maximum atomic E-state index is 10.7. The smallest absolute Gasteiger partial charge is 0.309 e. The monoisotopic (exact) mass is 277 g/mol. The molecular weight excluding hydrogens is 258 g/mol. The predicted molar refractivity (Wildman–Crippen MR) is 75.1 cm³/mol. The molecule has 0 saturated heterocycles. The zero-order valence-electron chi connectivity index (χ0n) is 11.3. The van der Waals surface area contributed by atoms with Gasteiger partial charge in [-0.1, -0.05) is 0 Å². The number of aliphatic carboxylic acids is 1. The van der Waals surface area contributed by atoms with E-state index in [0.29, 0.717) is 11.6 Å². The molecule has 2 rings (SSSR count). The normalized spacial score (nSPS) is 21.9. The molecule has 20 heavy (non-hydrogen) atoms. The Morgan fingerprint density at radius 3 is 2.65 bits per heavy atom. The number of rotatable bonds is 6. The number of ether oxygens (including phenoxy) is 1. The van der Waals surface area contributed by atoms with Crippen LogP contribution < -0.4 is 15.8 Å². The number of carboxylic acids is 1. The topological polar surface area (TPSA) is 108 Å². The molecule has 1 aliphatic rings. The number of amidine groups is 1. The van der Waals surface area contributed by atoms with Gasteiger partial charge in [-0.05, 0) is 37.6 Å². The first-order valence-corrected chi connectivity index (χ1v) is 6.54. The Kier molecular flexibility index (Phi) is 4.24. The molecule has 0 unspecified atom stereocenters. The summed E-state index contributed by atoms with van der Waals surface area (Å²) in [6, 6.07) is 7.35. The lowest BCUT2D eigenvalue weighted by molar-refractivity contribution is -0.142. The summed E-state index contributed by atoms with van der Waals surface area (Å²) in [6.45, 7) is 1.72. The SMILES string of the molecule is C[C@@H](COc1ccc(C(=N)N[C@H]2C[C@@H]2N)cc1)C(=O)O. The molecule has 0 heterocycles. The van der Waals surface area contributed by atoms with Gasteiger partial charge in [0, 0.05) is 17.6 Å². The van der Waals surface area contributed by atoms with Crippen LogP contribution in [0, 0.1) is 11.3 Å². The molecule has 0 aromatic heterocycles. The van der Waals surface area contributed by atoms with Gasteiger partial charge in [-0.2, -0.15) is 0 Å². The van der Waals surface area contributed by atoms with E-state index in [1.54, 1.807) is 31.2 Å². The van der Waals surface area contributed by atoms with E-state index in [-0.39, 0.29) is 18.7 Å². The quantitative estimate of drug-likeness (QED) is 0.454. The lowest BCUT2D eigenvalue weighted by Crippen LogP contribution is -2.29. The van der Waals surface area contributed by atoms with Gasteiger partial charge in [0.2, 0.25) is 0 Å². The van der Waals surface area contributed by atoms with Crippen molar-refractivity contribution in [3.8, 4) is 5.75 Å². The van der Waals surface area contributed by atoms with Crippen LogP contribution in [0.15, 0.2) is 24.3 Å². The van der Waals surface area contributed by atoms with Crippen molar-refractivity contribution < 1.29 is 14.6 Å². The van der Waals surface area contributed by atoms with Gasteiger partial charge in [0.1, 0.15) is 18.2 Å². The lowest BCUT2D eigenvalue weighted by Gasteiger charge is -2.11. The maximum absolute atomic E-state index is 10.7. The highest BCUT2D eigenvalue weighted by molar-refractivity contribution is 5.96. The number of benzene rings is 1. The lowest BCUT2D eigenvalue weighted by atomic mass is 10.2. The second-order valence-corrected chi connectivity index (χ2v) is 5.10. The molecule has 0 radical (unpaired) electrons. The molecule has 0 aliphatic heterocycles. The Morgan fingerprint density at radius 2 is 2.15 bits per heavy atom. The number of hydrogen-bond donors (Lipinski definition) is 4. The van der Waals surface area contributed by atoms with Crippen molar-refractivity contribution in [1.82, 2.24) is 5.32 Å². The summed E-state index contributed by atoms with van der Waals surface area (Å²) in [5.74, 6) is -0.495. The third-order valence-corrected chi connectivity index (χ3v) is 3.23. The van der Waals surface area contributed by atoms with Gasteiger partial charge in [-0.15, -0.1) is 0 Å². The zero-order valence-corrected chi connectivity index (χ0v) is 11.3. The molecule has 1 saturated carbocycles. The second kappa shape index (κ2) is 5.92. The van der Waals surface area contributed by atoms with Gasteiger partial charge < -0.3 is 20.9 Å². The maximum Gasteiger partial charge on any atom is 0.309 e. The minimum Gasteiger partial charge on any atom is -0.493 e. The minimum atomic E-state index is -0.881. The van der Waals surface area contributed by atoms with E-state index in [9.17, 15) is 4.79 Å². The standard InChI is InChI=1S/C14H19N3O3/c1-8(14(18)19)7-20-10-4-2-9(3-5-10)13(16)17-12-6-11(12)15/h2-5,8,11-12H,6-7,15H2,1H3,(H2,16,17)(H,18,19)/t8-,11-,12-/m0/s1. The fraction of sp³-hybridized carbons (Fsp3) is 0.429. The number of carbonyl (C=O) groups is 1. The van der Waals surface area contributed by atoms with E-state index in [2.05, 4.69) is 5.32 Å². The van der Waals surface area contributed by atoms with Crippen molar-refractivity contribution in [3.05, 3.63) is 29.8 Å². The Labute approximate surface area is 117 Å².